The maximum absolute atomic E-state index is 10.6. The molecule has 0 saturated heterocycles. The van der Waals surface area contributed by atoms with Crippen molar-refractivity contribution in [3.63, 3.8) is 0 Å². The Balaban J connectivity index is 1.93. The van der Waals surface area contributed by atoms with Gasteiger partial charge in [-0.2, -0.15) is 0 Å². The summed E-state index contributed by atoms with van der Waals surface area (Å²) in [4.78, 5) is 10.2. The number of nitro groups is 1. The van der Waals surface area contributed by atoms with Crippen LogP contribution >= 0.6 is 0 Å². The number of aryl methyl sites for hydroxylation is 1. The lowest BCUT2D eigenvalue weighted by Gasteiger charge is -2.36. The predicted molar refractivity (Wildman–Crippen MR) is 68.9 cm³/mol. The van der Waals surface area contributed by atoms with Gasteiger partial charge in [0.05, 0.1) is 4.92 Å². The highest BCUT2D eigenvalue weighted by Gasteiger charge is 2.30. The van der Waals surface area contributed by atoms with Crippen LogP contribution in [0.1, 0.15) is 25.3 Å². The van der Waals surface area contributed by atoms with Gasteiger partial charge in [0, 0.05) is 18.2 Å². The highest BCUT2D eigenvalue weighted by atomic mass is 16.6. The first-order chi connectivity index (χ1) is 8.60. The van der Waals surface area contributed by atoms with E-state index in [9.17, 15) is 10.1 Å². The van der Waals surface area contributed by atoms with Gasteiger partial charge in [0.2, 0.25) is 0 Å². The van der Waals surface area contributed by atoms with Crippen molar-refractivity contribution in [2.75, 3.05) is 6.54 Å². The van der Waals surface area contributed by atoms with E-state index < -0.39 is 0 Å². The van der Waals surface area contributed by atoms with Crippen LogP contribution in [0.5, 0.6) is 5.75 Å². The van der Waals surface area contributed by atoms with Gasteiger partial charge in [0.25, 0.3) is 5.69 Å². The molecule has 18 heavy (non-hydrogen) atoms. The summed E-state index contributed by atoms with van der Waals surface area (Å²) in [5.74, 6) is 0.751. The quantitative estimate of drug-likeness (QED) is 0.644. The molecule has 2 rings (SSSR count). The van der Waals surface area contributed by atoms with Crippen LogP contribution in [0.2, 0.25) is 0 Å². The summed E-state index contributed by atoms with van der Waals surface area (Å²) < 4.78 is 5.83. The number of hydrogen-bond donors (Lipinski definition) is 1. The Bertz CT molecular complexity index is 442. The number of benzene rings is 1. The molecule has 1 saturated carbocycles. The maximum atomic E-state index is 10.6. The van der Waals surface area contributed by atoms with Crippen LogP contribution in [0.3, 0.4) is 0 Å². The van der Waals surface area contributed by atoms with E-state index in [1.165, 1.54) is 6.07 Å². The molecule has 1 aromatic rings. The van der Waals surface area contributed by atoms with Gasteiger partial charge in [0.15, 0.2) is 0 Å². The fourth-order valence-corrected chi connectivity index (χ4v) is 2.18. The van der Waals surface area contributed by atoms with Crippen LogP contribution in [-0.4, -0.2) is 23.6 Å². The Morgan fingerprint density at radius 2 is 2.22 bits per heavy atom. The van der Waals surface area contributed by atoms with E-state index in [1.807, 2.05) is 6.92 Å². The van der Waals surface area contributed by atoms with Crippen molar-refractivity contribution in [2.45, 2.75) is 38.8 Å². The fraction of sp³-hybridized carbons (Fsp3) is 0.538. The molecule has 0 amide bonds. The summed E-state index contributed by atoms with van der Waals surface area (Å²) in [6.45, 7) is 4.91. The lowest BCUT2D eigenvalue weighted by atomic mass is 9.89. The molecule has 5 heteroatoms. The summed E-state index contributed by atoms with van der Waals surface area (Å²) in [5.41, 5.74) is 0.926. The molecular weight excluding hydrogens is 232 g/mol. The Morgan fingerprint density at radius 3 is 2.78 bits per heavy atom. The summed E-state index contributed by atoms with van der Waals surface area (Å²) >= 11 is 0. The number of ether oxygens (including phenoxy) is 1. The molecule has 1 aliphatic carbocycles. The predicted octanol–water partition coefficient (Wildman–Crippen LogP) is 2.42. The number of nitrogens with zero attached hydrogens (tertiary/aromatic N) is 1. The molecule has 98 valence electrons. The van der Waals surface area contributed by atoms with Crippen molar-refractivity contribution in [2.24, 2.45) is 0 Å². The maximum Gasteiger partial charge on any atom is 0.269 e. The smallest absolute Gasteiger partial charge is 0.269 e. The topological polar surface area (TPSA) is 64.4 Å². The molecule has 0 aliphatic heterocycles. The monoisotopic (exact) mass is 250 g/mol. The molecule has 0 aromatic heterocycles. The third kappa shape index (κ3) is 2.79. The lowest BCUT2D eigenvalue weighted by molar-refractivity contribution is -0.384. The average molecular weight is 250 g/mol. The van der Waals surface area contributed by atoms with Crippen LogP contribution in [0.15, 0.2) is 18.2 Å². The average Bonchev–Trinajstić information content (AvgIpc) is 2.28. The molecule has 1 aliphatic rings. The first kappa shape index (κ1) is 12.8. The van der Waals surface area contributed by atoms with Crippen molar-refractivity contribution >= 4 is 5.69 Å². The minimum atomic E-state index is -0.388. The molecule has 0 bridgehead atoms. The molecule has 1 aromatic carbocycles. The SMILES string of the molecule is CCNC1CC(Oc2ccc([N+](=O)[O-])cc2C)C1. The first-order valence-corrected chi connectivity index (χ1v) is 6.25. The highest BCUT2D eigenvalue weighted by Crippen LogP contribution is 2.29. The molecule has 0 atom stereocenters. The molecular formula is C13H18N2O3. The molecule has 5 nitrogen and oxygen atoms in total. The third-order valence-corrected chi connectivity index (χ3v) is 3.25. The molecule has 0 spiro atoms. The normalized spacial score (nSPS) is 22.3. The summed E-state index contributed by atoms with van der Waals surface area (Å²) in [5, 5.41) is 14.0. The molecule has 0 unspecified atom stereocenters. The summed E-state index contributed by atoms with van der Waals surface area (Å²) in [6, 6.07) is 5.28. The van der Waals surface area contributed by atoms with Crippen molar-refractivity contribution in [3.05, 3.63) is 33.9 Å². The van der Waals surface area contributed by atoms with Crippen LogP contribution in [0, 0.1) is 17.0 Å². The van der Waals surface area contributed by atoms with Gasteiger partial charge in [-0.3, -0.25) is 10.1 Å². The first-order valence-electron chi connectivity index (χ1n) is 6.25. The third-order valence-electron chi connectivity index (χ3n) is 3.25. The van der Waals surface area contributed by atoms with Crippen molar-refractivity contribution in [1.29, 1.82) is 0 Å². The van der Waals surface area contributed by atoms with E-state index in [2.05, 4.69) is 12.2 Å². The van der Waals surface area contributed by atoms with Crippen molar-refractivity contribution in [3.8, 4) is 5.75 Å². The highest BCUT2D eigenvalue weighted by molar-refractivity contribution is 5.43. The largest absolute Gasteiger partial charge is 0.490 e. The molecule has 0 heterocycles. The van der Waals surface area contributed by atoms with Gasteiger partial charge < -0.3 is 10.1 Å². The van der Waals surface area contributed by atoms with E-state index in [4.69, 9.17) is 4.74 Å². The summed E-state index contributed by atoms with van der Waals surface area (Å²) in [7, 11) is 0. The summed E-state index contributed by atoms with van der Waals surface area (Å²) in [6.07, 6.45) is 2.24. The van der Waals surface area contributed by atoms with E-state index in [-0.39, 0.29) is 16.7 Å². The molecule has 1 N–H and O–H groups in total. The minimum Gasteiger partial charge on any atom is -0.490 e. The second-order valence-electron chi connectivity index (χ2n) is 4.67. The number of rotatable bonds is 5. The zero-order chi connectivity index (χ0) is 13.1. The number of non-ortho nitro benzene ring substituents is 1. The van der Waals surface area contributed by atoms with E-state index in [0.717, 1.165) is 30.7 Å². The van der Waals surface area contributed by atoms with Crippen LogP contribution in [-0.2, 0) is 0 Å². The van der Waals surface area contributed by atoms with Crippen molar-refractivity contribution in [1.82, 2.24) is 5.32 Å². The minimum absolute atomic E-state index is 0.110. The van der Waals surface area contributed by atoms with Crippen LogP contribution in [0.25, 0.3) is 0 Å². The Hall–Kier alpha value is -1.62. The Morgan fingerprint density at radius 1 is 1.50 bits per heavy atom. The van der Waals surface area contributed by atoms with E-state index in [1.54, 1.807) is 12.1 Å². The lowest BCUT2D eigenvalue weighted by Crippen LogP contribution is -2.46. The van der Waals surface area contributed by atoms with Gasteiger partial charge in [-0.1, -0.05) is 6.92 Å². The van der Waals surface area contributed by atoms with Gasteiger partial charge >= 0.3 is 0 Å². The molecule has 1 fully saturated rings. The number of nitro benzene ring substituents is 1. The van der Waals surface area contributed by atoms with Gasteiger partial charge in [-0.25, -0.2) is 0 Å². The van der Waals surface area contributed by atoms with Gasteiger partial charge in [0.1, 0.15) is 11.9 Å². The van der Waals surface area contributed by atoms with Crippen LogP contribution in [0.4, 0.5) is 5.69 Å². The second kappa shape index (κ2) is 5.35. The van der Waals surface area contributed by atoms with Crippen molar-refractivity contribution < 1.29 is 9.66 Å². The number of nitrogens with one attached hydrogen (secondary N) is 1. The van der Waals surface area contributed by atoms with E-state index >= 15 is 0 Å². The zero-order valence-corrected chi connectivity index (χ0v) is 10.7. The Kier molecular flexibility index (Phi) is 3.81. The van der Waals surface area contributed by atoms with E-state index in [0.29, 0.717) is 6.04 Å². The second-order valence-corrected chi connectivity index (χ2v) is 4.67. The van der Waals surface area contributed by atoms with Gasteiger partial charge in [-0.15, -0.1) is 0 Å². The van der Waals surface area contributed by atoms with Crippen LogP contribution < -0.4 is 10.1 Å². The zero-order valence-electron chi connectivity index (χ0n) is 10.7. The fourth-order valence-electron chi connectivity index (χ4n) is 2.18. The van der Waals surface area contributed by atoms with Gasteiger partial charge in [-0.05, 0) is 37.9 Å². The molecule has 0 radical (unpaired) electrons. The number of hydrogen-bond acceptors (Lipinski definition) is 4. The standard InChI is InChI=1S/C13H18N2O3/c1-3-14-10-7-12(8-10)18-13-5-4-11(15(16)17)6-9(13)2/h4-6,10,12,14H,3,7-8H2,1-2H3. The Labute approximate surface area is 106 Å².